The second-order valence-corrected chi connectivity index (χ2v) is 9.17. The van der Waals surface area contributed by atoms with Crippen molar-refractivity contribution in [2.75, 3.05) is 5.75 Å². The Balaban J connectivity index is 1.23. The van der Waals surface area contributed by atoms with E-state index in [1.807, 2.05) is 74.5 Å². The number of ether oxygens (including phenoxy) is 1. The zero-order valence-electron chi connectivity index (χ0n) is 19.4. The molecular formula is C26H24N4O4S. The quantitative estimate of drug-likeness (QED) is 0.310. The highest BCUT2D eigenvalue weighted by Crippen LogP contribution is 2.34. The molecule has 9 heteroatoms. The lowest BCUT2D eigenvalue weighted by atomic mass is 10.0. The van der Waals surface area contributed by atoms with Crippen LogP contribution in [0.1, 0.15) is 40.8 Å². The number of aromatic nitrogens is 2. The molecule has 2 aromatic heterocycles. The highest BCUT2D eigenvalue weighted by molar-refractivity contribution is 7.99. The van der Waals surface area contributed by atoms with Crippen LogP contribution >= 0.6 is 11.8 Å². The van der Waals surface area contributed by atoms with Gasteiger partial charge in [0, 0.05) is 6.42 Å². The van der Waals surface area contributed by atoms with Crippen LogP contribution < -0.4 is 4.74 Å². The number of hydrogen-bond donors (Lipinski definition) is 0. The van der Waals surface area contributed by atoms with Crippen LogP contribution in [0.2, 0.25) is 0 Å². The van der Waals surface area contributed by atoms with Crippen LogP contribution in [-0.2, 0) is 11.4 Å². The third-order valence-corrected chi connectivity index (χ3v) is 6.34. The van der Waals surface area contributed by atoms with Crippen molar-refractivity contribution in [1.82, 2.24) is 15.2 Å². The third kappa shape index (κ3) is 5.46. The first-order chi connectivity index (χ1) is 17.0. The summed E-state index contributed by atoms with van der Waals surface area (Å²) < 4.78 is 17.0. The summed E-state index contributed by atoms with van der Waals surface area (Å²) in [6.07, 6.45) is 2.18. The molecule has 35 heavy (non-hydrogen) atoms. The fraction of sp³-hybridized carbons (Fsp3) is 0.231. The van der Waals surface area contributed by atoms with Gasteiger partial charge in [-0.2, -0.15) is 5.10 Å². The molecule has 0 radical (unpaired) electrons. The molecule has 0 saturated carbocycles. The minimum Gasteiger partial charge on any atom is -0.484 e. The topological polar surface area (TPSA) is 94.0 Å². The van der Waals surface area contributed by atoms with Gasteiger partial charge in [0.05, 0.1) is 17.7 Å². The third-order valence-electron chi connectivity index (χ3n) is 5.54. The van der Waals surface area contributed by atoms with Gasteiger partial charge in [-0.15, -0.1) is 10.2 Å². The van der Waals surface area contributed by atoms with E-state index < -0.39 is 0 Å². The first-order valence-electron chi connectivity index (χ1n) is 11.2. The molecule has 0 N–H and O–H groups in total. The summed E-state index contributed by atoms with van der Waals surface area (Å²) in [7, 11) is 0. The van der Waals surface area contributed by atoms with Crippen LogP contribution in [0.5, 0.6) is 5.75 Å². The number of rotatable bonds is 8. The Kier molecular flexibility index (Phi) is 6.67. The highest BCUT2D eigenvalue weighted by Gasteiger charge is 2.35. The lowest BCUT2D eigenvalue weighted by molar-refractivity contribution is -0.130. The van der Waals surface area contributed by atoms with Gasteiger partial charge in [0.1, 0.15) is 17.6 Å². The molecule has 1 atom stereocenters. The molecule has 8 nitrogen and oxygen atoms in total. The number of thioether (sulfide) groups is 1. The zero-order chi connectivity index (χ0) is 24.2. The Labute approximate surface area is 207 Å². The number of aryl methyl sites for hydroxylation is 2. The molecule has 0 saturated heterocycles. The van der Waals surface area contributed by atoms with Crippen LogP contribution in [0, 0.1) is 13.8 Å². The fourth-order valence-corrected chi connectivity index (χ4v) is 4.39. The first-order valence-corrected chi connectivity index (χ1v) is 12.2. The van der Waals surface area contributed by atoms with E-state index >= 15 is 0 Å². The summed E-state index contributed by atoms with van der Waals surface area (Å²) in [5.41, 5.74) is 4.11. The van der Waals surface area contributed by atoms with Crippen molar-refractivity contribution in [3.8, 4) is 5.75 Å². The van der Waals surface area contributed by atoms with Crippen molar-refractivity contribution >= 4 is 23.4 Å². The SMILES string of the molecule is Cc1ccc(C2=NN(C(=O)CSc3nnc(COc4cccc(C)c4)o3)[C@H](c3ccco3)C2)cc1. The average molecular weight is 489 g/mol. The smallest absolute Gasteiger partial charge is 0.277 e. The Morgan fingerprint density at radius 1 is 1.09 bits per heavy atom. The van der Waals surface area contributed by atoms with E-state index in [9.17, 15) is 4.79 Å². The second-order valence-electron chi connectivity index (χ2n) is 8.24. The van der Waals surface area contributed by atoms with Gasteiger partial charge in [0.2, 0.25) is 0 Å². The minimum atomic E-state index is -0.296. The first kappa shape index (κ1) is 22.9. The number of carbonyl (C=O) groups excluding carboxylic acids is 1. The van der Waals surface area contributed by atoms with Crippen LogP contribution in [0.3, 0.4) is 0 Å². The molecule has 0 bridgehead atoms. The van der Waals surface area contributed by atoms with Crippen LogP contribution in [0.25, 0.3) is 0 Å². The largest absolute Gasteiger partial charge is 0.484 e. The van der Waals surface area contributed by atoms with E-state index in [4.69, 9.17) is 13.6 Å². The van der Waals surface area contributed by atoms with Gasteiger partial charge in [-0.3, -0.25) is 4.79 Å². The molecule has 0 spiro atoms. The predicted octanol–water partition coefficient (Wildman–Crippen LogP) is 5.33. The maximum absolute atomic E-state index is 13.1. The summed E-state index contributed by atoms with van der Waals surface area (Å²) >= 11 is 1.17. The molecule has 2 aromatic carbocycles. The minimum absolute atomic E-state index is 0.0995. The van der Waals surface area contributed by atoms with E-state index in [1.54, 1.807) is 6.26 Å². The molecule has 3 heterocycles. The lowest BCUT2D eigenvalue weighted by Gasteiger charge is -2.19. The molecular weight excluding hydrogens is 464 g/mol. The van der Waals surface area contributed by atoms with Gasteiger partial charge in [-0.25, -0.2) is 5.01 Å². The Morgan fingerprint density at radius 3 is 2.71 bits per heavy atom. The van der Waals surface area contributed by atoms with Gasteiger partial charge in [-0.05, 0) is 49.2 Å². The van der Waals surface area contributed by atoms with Gasteiger partial charge < -0.3 is 13.6 Å². The van der Waals surface area contributed by atoms with E-state index in [2.05, 4.69) is 15.3 Å². The van der Waals surface area contributed by atoms with Crippen molar-refractivity contribution in [1.29, 1.82) is 0 Å². The Morgan fingerprint density at radius 2 is 1.94 bits per heavy atom. The number of furan rings is 1. The fourth-order valence-electron chi connectivity index (χ4n) is 3.76. The standard InChI is InChI=1S/C26H24N4O4S/c1-17-8-10-19(11-9-17)21-14-22(23-7-4-12-32-23)30(29-21)25(31)16-35-26-28-27-24(34-26)15-33-20-6-3-5-18(2)13-20/h3-13,22H,14-16H2,1-2H3/t22-/m0/s1. The molecule has 1 amide bonds. The second kappa shape index (κ2) is 10.2. The van der Waals surface area contributed by atoms with Crippen molar-refractivity contribution in [3.63, 3.8) is 0 Å². The number of nitrogens with zero attached hydrogens (tertiary/aromatic N) is 4. The predicted molar refractivity (Wildman–Crippen MR) is 131 cm³/mol. The van der Waals surface area contributed by atoms with Gasteiger partial charge in [0.15, 0.2) is 6.61 Å². The van der Waals surface area contributed by atoms with Crippen molar-refractivity contribution in [3.05, 3.63) is 95.3 Å². The molecule has 1 aliphatic heterocycles. The van der Waals surface area contributed by atoms with E-state index in [-0.39, 0.29) is 24.3 Å². The molecule has 1 aliphatic rings. The van der Waals surface area contributed by atoms with E-state index in [0.29, 0.717) is 23.3 Å². The molecule has 5 rings (SSSR count). The Hall–Kier alpha value is -3.85. The van der Waals surface area contributed by atoms with Crippen LogP contribution in [0.4, 0.5) is 0 Å². The molecule has 0 aliphatic carbocycles. The molecule has 4 aromatic rings. The van der Waals surface area contributed by atoms with Crippen LogP contribution in [-0.4, -0.2) is 32.6 Å². The summed E-state index contributed by atoms with van der Waals surface area (Å²) in [6, 6.07) is 19.2. The van der Waals surface area contributed by atoms with E-state index in [0.717, 1.165) is 22.6 Å². The summed E-state index contributed by atoms with van der Waals surface area (Å²) in [5, 5.41) is 14.5. The molecule has 0 unspecified atom stereocenters. The number of hydrazone groups is 1. The van der Waals surface area contributed by atoms with E-state index in [1.165, 1.54) is 22.3 Å². The van der Waals surface area contributed by atoms with Gasteiger partial charge >= 0.3 is 0 Å². The maximum atomic E-state index is 13.1. The highest BCUT2D eigenvalue weighted by atomic mass is 32.2. The summed E-state index contributed by atoms with van der Waals surface area (Å²) in [6.45, 7) is 4.19. The van der Waals surface area contributed by atoms with Gasteiger partial charge in [-0.1, -0.05) is 53.7 Å². The zero-order valence-corrected chi connectivity index (χ0v) is 20.2. The van der Waals surface area contributed by atoms with Crippen molar-refractivity contribution in [2.24, 2.45) is 5.10 Å². The Bertz CT molecular complexity index is 1330. The van der Waals surface area contributed by atoms with Crippen LogP contribution in [0.15, 0.2) is 86.1 Å². The summed E-state index contributed by atoms with van der Waals surface area (Å²) in [5.74, 6) is 1.70. The molecule has 0 fully saturated rings. The maximum Gasteiger partial charge on any atom is 0.277 e. The normalized spacial score (nSPS) is 15.3. The lowest BCUT2D eigenvalue weighted by Crippen LogP contribution is -2.28. The number of benzene rings is 2. The number of amides is 1. The van der Waals surface area contributed by atoms with Gasteiger partial charge in [0.25, 0.3) is 17.0 Å². The summed E-state index contributed by atoms with van der Waals surface area (Å²) in [4.78, 5) is 13.1. The monoisotopic (exact) mass is 488 g/mol. The average Bonchev–Trinajstić information content (AvgIpc) is 3.62. The number of carbonyl (C=O) groups is 1. The molecule has 178 valence electrons. The number of hydrogen-bond acceptors (Lipinski definition) is 8. The van der Waals surface area contributed by atoms with Crippen molar-refractivity contribution in [2.45, 2.75) is 38.1 Å². The van der Waals surface area contributed by atoms with Crippen molar-refractivity contribution < 1.29 is 18.4 Å².